The summed E-state index contributed by atoms with van der Waals surface area (Å²) >= 11 is 0. The van der Waals surface area contributed by atoms with E-state index >= 15 is 0 Å². The first-order valence-electron chi connectivity index (χ1n) is 9.40. The fraction of sp³-hybridized carbons (Fsp3) is 0.600. The molecule has 1 aromatic rings. The number of hydrogen-bond donors (Lipinski definition) is 1. The van der Waals surface area contributed by atoms with Crippen molar-refractivity contribution in [1.82, 2.24) is 10.2 Å². The Balaban J connectivity index is 1.78. The van der Waals surface area contributed by atoms with Gasteiger partial charge in [0.2, 0.25) is 11.8 Å². The largest absolute Gasteiger partial charge is 0.497 e. The minimum absolute atomic E-state index is 0.0360. The predicted molar refractivity (Wildman–Crippen MR) is 98.1 cm³/mol. The summed E-state index contributed by atoms with van der Waals surface area (Å²) in [7, 11) is 3.27. The molecule has 1 saturated heterocycles. The summed E-state index contributed by atoms with van der Waals surface area (Å²) in [5.41, 5.74) is 0.947. The van der Waals surface area contributed by atoms with Crippen LogP contribution in [0.3, 0.4) is 0 Å². The minimum Gasteiger partial charge on any atom is -0.497 e. The van der Waals surface area contributed by atoms with Crippen LogP contribution in [0.15, 0.2) is 18.2 Å². The molecule has 6 nitrogen and oxygen atoms in total. The third-order valence-electron chi connectivity index (χ3n) is 5.42. The predicted octanol–water partition coefficient (Wildman–Crippen LogP) is 2.64. The molecule has 26 heavy (non-hydrogen) atoms. The average Bonchev–Trinajstić information content (AvgIpc) is 3.31. The standard InChI is InChI=1S/C20H28N2O4/c1-25-17-8-9-18(26-2)14(11-17)13-22(16-5-3-4-6-16)20(24)12-15-7-10-19(23)21-15/h8-9,11,15-16H,3-7,10,12-13H2,1-2H3,(H,21,23). The van der Waals surface area contributed by atoms with E-state index < -0.39 is 0 Å². The molecule has 1 heterocycles. The molecule has 1 atom stereocenters. The molecular formula is C20H28N2O4. The third kappa shape index (κ3) is 4.29. The van der Waals surface area contributed by atoms with Crippen molar-refractivity contribution >= 4 is 11.8 Å². The van der Waals surface area contributed by atoms with Gasteiger partial charge in [-0.3, -0.25) is 9.59 Å². The molecule has 1 unspecified atom stereocenters. The Kier molecular flexibility index (Phi) is 6.01. The second-order valence-electron chi connectivity index (χ2n) is 7.14. The molecule has 2 amide bonds. The Morgan fingerprint density at radius 3 is 2.58 bits per heavy atom. The van der Waals surface area contributed by atoms with Crippen LogP contribution in [-0.2, 0) is 16.1 Å². The number of rotatable bonds is 7. The number of nitrogens with one attached hydrogen (secondary N) is 1. The maximum Gasteiger partial charge on any atom is 0.225 e. The Morgan fingerprint density at radius 1 is 1.19 bits per heavy atom. The molecule has 0 bridgehead atoms. The SMILES string of the molecule is COc1ccc(OC)c(CN(C(=O)CC2CCC(=O)N2)C2CCCC2)c1. The van der Waals surface area contributed by atoms with Gasteiger partial charge in [0.15, 0.2) is 0 Å². The average molecular weight is 360 g/mol. The van der Waals surface area contributed by atoms with Gasteiger partial charge in [-0.05, 0) is 37.5 Å². The Bertz CT molecular complexity index is 655. The molecule has 2 aliphatic rings. The number of ether oxygens (including phenoxy) is 2. The molecule has 1 N–H and O–H groups in total. The molecule has 0 spiro atoms. The summed E-state index contributed by atoms with van der Waals surface area (Å²) in [4.78, 5) is 26.5. The monoisotopic (exact) mass is 360 g/mol. The highest BCUT2D eigenvalue weighted by Crippen LogP contribution is 2.30. The van der Waals surface area contributed by atoms with Crippen molar-refractivity contribution in [3.05, 3.63) is 23.8 Å². The van der Waals surface area contributed by atoms with Crippen LogP contribution in [0.5, 0.6) is 11.5 Å². The lowest BCUT2D eigenvalue weighted by Gasteiger charge is -2.31. The molecule has 142 valence electrons. The first-order valence-corrected chi connectivity index (χ1v) is 9.40. The van der Waals surface area contributed by atoms with Crippen molar-refractivity contribution in [1.29, 1.82) is 0 Å². The van der Waals surface area contributed by atoms with E-state index in [4.69, 9.17) is 9.47 Å². The van der Waals surface area contributed by atoms with Crippen molar-refractivity contribution in [3.8, 4) is 11.5 Å². The fourth-order valence-electron chi connectivity index (χ4n) is 3.98. The van der Waals surface area contributed by atoms with Crippen LogP contribution in [0.4, 0.5) is 0 Å². The van der Waals surface area contributed by atoms with Gasteiger partial charge in [0.25, 0.3) is 0 Å². The first-order chi connectivity index (χ1) is 12.6. The summed E-state index contributed by atoms with van der Waals surface area (Å²) < 4.78 is 10.8. The van der Waals surface area contributed by atoms with E-state index in [0.29, 0.717) is 19.4 Å². The molecule has 0 aromatic heterocycles. The van der Waals surface area contributed by atoms with Crippen LogP contribution in [0.2, 0.25) is 0 Å². The van der Waals surface area contributed by atoms with Crippen LogP contribution in [0.25, 0.3) is 0 Å². The van der Waals surface area contributed by atoms with Gasteiger partial charge in [-0.15, -0.1) is 0 Å². The molecule has 1 aliphatic carbocycles. The zero-order valence-corrected chi connectivity index (χ0v) is 15.6. The second-order valence-corrected chi connectivity index (χ2v) is 7.14. The van der Waals surface area contributed by atoms with Crippen LogP contribution in [0.1, 0.15) is 50.5 Å². The van der Waals surface area contributed by atoms with Gasteiger partial charge in [-0.2, -0.15) is 0 Å². The van der Waals surface area contributed by atoms with Crippen molar-refractivity contribution in [2.75, 3.05) is 14.2 Å². The minimum atomic E-state index is -0.0360. The quantitative estimate of drug-likeness (QED) is 0.812. The number of carbonyl (C=O) groups excluding carboxylic acids is 2. The lowest BCUT2D eigenvalue weighted by Crippen LogP contribution is -2.41. The molecule has 1 aliphatic heterocycles. The molecule has 0 radical (unpaired) electrons. The van der Waals surface area contributed by atoms with Gasteiger partial charge in [0, 0.05) is 37.0 Å². The van der Waals surface area contributed by atoms with E-state index in [1.165, 1.54) is 0 Å². The van der Waals surface area contributed by atoms with Gasteiger partial charge in [-0.25, -0.2) is 0 Å². The van der Waals surface area contributed by atoms with Gasteiger partial charge in [-0.1, -0.05) is 12.8 Å². The first kappa shape index (κ1) is 18.5. The van der Waals surface area contributed by atoms with E-state index in [9.17, 15) is 9.59 Å². The maximum absolute atomic E-state index is 13.1. The number of carbonyl (C=O) groups is 2. The molecule has 1 aromatic carbocycles. The lowest BCUT2D eigenvalue weighted by atomic mass is 10.1. The molecular weight excluding hydrogens is 332 g/mol. The maximum atomic E-state index is 13.1. The topological polar surface area (TPSA) is 67.9 Å². The normalized spacial score (nSPS) is 20.1. The Labute approximate surface area is 154 Å². The number of hydrogen-bond acceptors (Lipinski definition) is 4. The zero-order chi connectivity index (χ0) is 18.5. The number of benzene rings is 1. The molecule has 2 fully saturated rings. The van der Waals surface area contributed by atoms with E-state index in [1.807, 2.05) is 23.1 Å². The van der Waals surface area contributed by atoms with E-state index in [1.54, 1.807) is 14.2 Å². The smallest absolute Gasteiger partial charge is 0.225 e. The Morgan fingerprint density at radius 2 is 1.96 bits per heavy atom. The van der Waals surface area contributed by atoms with Crippen LogP contribution in [0, 0.1) is 0 Å². The highest BCUT2D eigenvalue weighted by molar-refractivity contribution is 5.82. The van der Waals surface area contributed by atoms with Crippen molar-refractivity contribution in [2.45, 2.75) is 63.6 Å². The number of methoxy groups -OCH3 is 2. The van der Waals surface area contributed by atoms with Gasteiger partial charge >= 0.3 is 0 Å². The Hall–Kier alpha value is -2.24. The lowest BCUT2D eigenvalue weighted by molar-refractivity contribution is -0.134. The van der Waals surface area contributed by atoms with E-state index in [2.05, 4.69) is 5.32 Å². The van der Waals surface area contributed by atoms with Gasteiger partial charge in [0.05, 0.1) is 14.2 Å². The van der Waals surface area contributed by atoms with Crippen LogP contribution >= 0.6 is 0 Å². The summed E-state index contributed by atoms with van der Waals surface area (Å²) in [6, 6.07) is 5.90. The molecule has 1 saturated carbocycles. The van der Waals surface area contributed by atoms with Gasteiger partial charge < -0.3 is 19.7 Å². The molecule has 6 heteroatoms. The second kappa shape index (κ2) is 8.43. The van der Waals surface area contributed by atoms with Crippen molar-refractivity contribution in [2.24, 2.45) is 0 Å². The fourth-order valence-corrected chi connectivity index (χ4v) is 3.98. The summed E-state index contributed by atoms with van der Waals surface area (Å²) in [6.07, 6.45) is 6.02. The third-order valence-corrected chi connectivity index (χ3v) is 5.42. The number of amides is 2. The van der Waals surface area contributed by atoms with E-state index in [-0.39, 0.29) is 23.9 Å². The highest BCUT2D eigenvalue weighted by atomic mass is 16.5. The van der Waals surface area contributed by atoms with Gasteiger partial charge in [0.1, 0.15) is 11.5 Å². The zero-order valence-electron chi connectivity index (χ0n) is 15.6. The van der Waals surface area contributed by atoms with Crippen molar-refractivity contribution in [3.63, 3.8) is 0 Å². The summed E-state index contributed by atoms with van der Waals surface area (Å²) in [6.45, 7) is 0.505. The van der Waals surface area contributed by atoms with Crippen molar-refractivity contribution < 1.29 is 19.1 Å². The summed E-state index contributed by atoms with van der Waals surface area (Å²) in [5, 5.41) is 2.90. The number of nitrogens with zero attached hydrogens (tertiary/aromatic N) is 1. The molecule has 3 rings (SSSR count). The van der Waals surface area contributed by atoms with Crippen LogP contribution < -0.4 is 14.8 Å². The van der Waals surface area contributed by atoms with Crippen LogP contribution in [-0.4, -0.2) is 43.0 Å². The highest BCUT2D eigenvalue weighted by Gasteiger charge is 2.31. The van der Waals surface area contributed by atoms with E-state index in [0.717, 1.165) is 49.2 Å². The summed E-state index contributed by atoms with van der Waals surface area (Å²) in [5.74, 6) is 1.66.